The Labute approximate surface area is 89.7 Å². The summed E-state index contributed by atoms with van der Waals surface area (Å²) in [7, 11) is 0. The van der Waals surface area contributed by atoms with Gasteiger partial charge in [0.2, 0.25) is 0 Å². The van der Waals surface area contributed by atoms with E-state index in [4.69, 9.17) is 0 Å². The average Bonchev–Trinajstić information content (AvgIpc) is 2.67. The maximum Gasteiger partial charge on any atom is 0.00671 e. The molecule has 0 aromatic rings. The van der Waals surface area contributed by atoms with Gasteiger partial charge < -0.3 is 5.32 Å². The van der Waals surface area contributed by atoms with Crippen molar-refractivity contribution in [2.75, 3.05) is 6.54 Å². The molecule has 1 heteroatoms. The Bertz CT molecular complexity index is 138. The molecule has 0 heterocycles. The molecule has 1 saturated carbocycles. The second kappa shape index (κ2) is 6.44. The van der Waals surface area contributed by atoms with E-state index in [0.717, 1.165) is 17.9 Å². The Kier molecular flexibility index (Phi) is 5.54. The molecule has 0 radical (unpaired) electrons. The Hall–Kier alpha value is -0.0400. The van der Waals surface area contributed by atoms with Gasteiger partial charge in [-0.15, -0.1) is 0 Å². The minimum Gasteiger partial charge on any atom is -0.314 e. The Morgan fingerprint density at radius 3 is 2.43 bits per heavy atom. The van der Waals surface area contributed by atoms with Crippen molar-refractivity contribution in [3.8, 4) is 0 Å². The van der Waals surface area contributed by atoms with Crippen LogP contribution in [0, 0.1) is 11.8 Å². The minimum atomic E-state index is 0.747. The lowest BCUT2D eigenvalue weighted by molar-refractivity contribution is 0.351. The molecule has 1 unspecified atom stereocenters. The summed E-state index contributed by atoms with van der Waals surface area (Å²) in [5.41, 5.74) is 0. The Balaban J connectivity index is 2.10. The van der Waals surface area contributed by atoms with Crippen LogP contribution in [0.4, 0.5) is 0 Å². The highest BCUT2D eigenvalue weighted by Crippen LogP contribution is 2.27. The number of rotatable bonds is 6. The van der Waals surface area contributed by atoms with Crippen LogP contribution in [0.3, 0.4) is 0 Å². The first-order valence-electron chi connectivity index (χ1n) is 6.47. The monoisotopic (exact) mass is 197 g/mol. The quantitative estimate of drug-likeness (QED) is 0.686. The lowest BCUT2D eigenvalue weighted by atomic mass is 9.98. The fraction of sp³-hybridized carbons (Fsp3) is 1.00. The van der Waals surface area contributed by atoms with Gasteiger partial charge in [-0.1, -0.05) is 33.1 Å². The van der Waals surface area contributed by atoms with Crippen molar-refractivity contribution in [3.05, 3.63) is 0 Å². The molecule has 84 valence electrons. The molecule has 14 heavy (non-hydrogen) atoms. The van der Waals surface area contributed by atoms with Gasteiger partial charge in [0.05, 0.1) is 0 Å². The molecule has 1 rings (SSSR count). The van der Waals surface area contributed by atoms with E-state index in [0.29, 0.717) is 0 Å². The van der Waals surface area contributed by atoms with Crippen LogP contribution >= 0.6 is 0 Å². The molecule has 0 saturated heterocycles. The van der Waals surface area contributed by atoms with E-state index in [2.05, 4.69) is 26.1 Å². The van der Waals surface area contributed by atoms with Gasteiger partial charge in [-0.05, 0) is 44.6 Å². The summed E-state index contributed by atoms with van der Waals surface area (Å²) in [5.74, 6) is 1.81. The molecule has 0 aromatic carbocycles. The molecule has 1 aliphatic rings. The van der Waals surface area contributed by atoms with Crippen molar-refractivity contribution in [1.29, 1.82) is 0 Å². The summed E-state index contributed by atoms with van der Waals surface area (Å²) in [4.78, 5) is 0. The van der Waals surface area contributed by atoms with Crippen LogP contribution in [0.2, 0.25) is 0 Å². The summed E-state index contributed by atoms with van der Waals surface area (Å²) in [5, 5.41) is 3.71. The normalized spacial score (nSPS) is 22.5. The smallest absolute Gasteiger partial charge is 0.00671 e. The lowest BCUT2D eigenvalue weighted by Gasteiger charge is -2.22. The molecule has 0 spiro atoms. The SMILES string of the molecule is CCCC(C)CN[C@H](C)C1CCCC1. The molecular formula is C13H27N. The van der Waals surface area contributed by atoms with E-state index >= 15 is 0 Å². The molecule has 1 nitrogen and oxygen atoms in total. The number of hydrogen-bond acceptors (Lipinski definition) is 1. The molecule has 0 bridgehead atoms. The lowest BCUT2D eigenvalue weighted by Crippen LogP contribution is -2.35. The molecule has 0 aliphatic heterocycles. The van der Waals surface area contributed by atoms with Crippen molar-refractivity contribution in [3.63, 3.8) is 0 Å². The van der Waals surface area contributed by atoms with Crippen LogP contribution in [0.5, 0.6) is 0 Å². The number of hydrogen-bond donors (Lipinski definition) is 1. The first kappa shape index (κ1) is 12.0. The van der Waals surface area contributed by atoms with E-state index in [-0.39, 0.29) is 0 Å². The van der Waals surface area contributed by atoms with Crippen molar-refractivity contribution < 1.29 is 0 Å². The van der Waals surface area contributed by atoms with Crippen LogP contribution in [-0.4, -0.2) is 12.6 Å². The van der Waals surface area contributed by atoms with E-state index in [1.54, 1.807) is 0 Å². The van der Waals surface area contributed by atoms with Crippen molar-refractivity contribution >= 4 is 0 Å². The molecule has 0 amide bonds. The van der Waals surface area contributed by atoms with Gasteiger partial charge >= 0.3 is 0 Å². The zero-order chi connectivity index (χ0) is 10.4. The summed E-state index contributed by atoms with van der Waals surface area (Å²) < 4.78 is 0. The van der Waals surface area contributed by atoms with Crippen LogP contribution in [0.15, 0.2) is 0 Å². The van der Waals surface area contributed by atoms with Crippen molar-refractivity contribution in [1.82, 2.24) is 5.32 Å². The van der Waals surface area contributed by atoms with Crippen molar-refractivity contribution in [2.45, 2.75) is 65.3 Å². The molecule has 1 N–H and O–H groups in total. The van der Waals surface area contributed by atoms with Crippen LogP contribution < -0.4 is 5.32 Å². The molecule has 1 fully saturated rings. The topological polar surface area (TPSA) is 12.0 Å². The summed E-state index contributed by atoms with van der Waals surface area (Å²) >= 11 is 0. The van der Waals surface area contributed by atoms with Crippen LogP contribution in [0.25, 0.3) is 0 Å². The van der Waals surface area contributed by atoms with Crippen molar-refractivity contribution in [2.24, 2.45) is 11.8 Å². The molecule has 1 aliphatic carbocycles. The third-order valence-electron chi connectivity index (χ3n) is 3.68. The van der Waals surface area contributed by atoms with Gasteiger partial charge in [0.15, 0.2) is 0 Å². The van der Waals surface area contributed by atoms with Gasteiger partial charge in [0.1, 0.15) is 0 Å². The standard InChI is InChI=1S/C13H27N/c1-4-7-11(2)10-14-12(3)13-8-5-6-9-13/h11-14H,4-10H2,1-3H3/t11?,12-/m1/s1. The molecule has 2 atom stereocenters. The van der Waals surface area contributed by atoms with Crippen LogP contribution in [0.1, 0.15) is 59.3 Å². The predicted octanol–water partition coefficient (Wildman–Crippen LogP) is 3.59. The van der Waals surface area contributed by atoms with Gasteiger partial charge in [-0.3, -0.25) is 0 Å². The Morgan fingerprint density at radius 1 is 1.21 bits per heavy atom. The molecule has 0 aromatic heterocycles. The minimum absolute atomic E-state index is 0.747. The zero-order valence-electron chi connectivity index (χ0n) is 10.2. The summed E-state index contributed by atoms with van der Waals surface area (Å²) in [6.07, 6.45) is 8.51. The zero-order valence-corrected chi connectivity index (χ0v) is 10.2. The highest BCUT2D eigenvalue weighted by molar-refractivity contribution is 4.77. The van der Waals surface area contributed by atoms with E-state index in [1.165, 1.54) is 45.1 Å². The Morgan fingerprint density at radius 2 is 1.86 bits per heavy atom. The van der Waals surface area contributed by atoms with Gasteiger partial charge in [-0.25, -0.2) is 0 Å². The highest BCUT2D eigenvalue weighted by Gasteiger charge is 2.21. The molecular weight excluding hydrogens is 170 g/mol. The third-order valence-corrected chi connectivity index (χ3v) is 3.68. The first-order valence-corrected chi connectivity index (χ1v) is 6.47. The maximum atomic E-state index is 3.71. The van der Waals surface area contributed by atoms with Gasteiger partial charge in [0.25, 0.3) is 0 Å². The van der Waals surface area contributed by atoms with Gasteiger partial charge in [0, 0.05) is 6.04 Å². The maximum absolute atomic E-state index is 3.71. The van der Waals surface area contributed by atoms with Crippen LogP contribution in [-0.2, 0) is 0 Å². The number of nitrogens with one attached hydrogen (secondary N) is 1. The van der Waals surface area contributed by atoms with E-state index in [1.807, 2.05) is 0 Å². The van der Waals surface area contributed by atoms with E-state index in [9.17, 15) is 0 Å². The first-order chi connectivity index (χ1) is 6.74. The van der Waals surface area contributed by atoms with Gasteiger partial charge in [-0.2, -0.15) is 0 Å². The fourth-order valence-electron chi connectivity index (χ4n) is 2.61. The largest absolute Gasteiger partial charge is 0.314 e. The average molecular weight is 197 g/mol. The fourth-order valence-corrected chi connectivity index (χ4v) is 2.61. The van der Waals surface area contributed by atoms with E-state index < -0.39 is 0 Å². The second-order valence-corrected chi connectivity index (χ2v) is 5.14. The highest BCUT2D eigenvalue weighted by atomic mass is 14.9. The summed E-state index contributed by atoms with van der Waals surface area (Å²) in [6, 6.07) is 0.747. The summed E-state index contributed by atoms with van der Waals surface area (Å²) in [6.45, 7) is 8.22. The second-order valence-electron chi connectivity index (χ2n) is 5.14. The third kappa shape index (κ3) is 4.00. The predicted molar refractivity (Wildman–Crippen MR) is 63.5 cm³/mol.